The van der Waals surface area contributed by atoms with Gasteiger partial charge in [-0.05, 0) is 40.8 Å². The van der Waals surface area contributed by atoms with Crippen LogP contribution in [-0.2, 0) is 5.41 Å². The van der Waals surface area contributed by atoms with Crippen LogP contribution in [0, 0.1) is 5.92 Å². The molecule has 140 valence electrons. The third-order valence-corrected chi connectivity index (χ3v) is 5.07. The number of urea groups is 1. The topological polar surface area (TPSA) is 58.2 Å². The second kappa shape index (κ2) is 7.20. The van der Waals surface area contributed by atoms with Gasteiger partial charge in [-0.1, -0.05) is 63.2 Å². The lowest BCUT2D eigenvalue weighted by molar-refractivity contribution is 0.0905. The smallest absolute Gasteiger partial charge is 0.319 e. The molecule has 1 fully saturated rings. The Morgan fingerprint density at radius 2 is 1.63 bits per heavy atom. The van der Waals surface area contributed by atoms with Crippen molar-refractivity contribution in [2.75, 3.05) is 0 Å². The standard InChI is InChI=1S/C22H23ClN2O2/c1-13-18(20(26)15-7-11-17(23)12-8-15)19(25-21(27)24-13)14-5-9-16(10-6-14)22(2,3)4/h5-12,18-19H,1H2,2-4H3,(H2,24,25,27)/t18-,19+/m1/s1. The molecule has 5 heteroatoms. The maximum Gasteiger partial charge on any atom is 0.319 e. The molecule has 0 aromatic heterocycles. The van der Waals surface area contributed by atoms with Crippen LogP contribution in [-0.4, -0.2) is 11.8 Å². The van der Waals surface area contributed by atoms with Gasteiger partial charge in [-0.2, -0.15) is 0 Å². The highest BCUT2D eigenvalue weighted by molar-refractivity contribution is 6.30. The molecule has 0 aliphatic carbocycles. The molecule has 1 aliphatic heterocycles. The second-order valence-corrected chi connectivity index (χ2v) is 8.26. The van der Waals surface area contributed by atoms with Crippen molar-refractivity contribution in [2.24, 2.45) is 5.92 Å². The molecule has 2 aromatic rings. The molecule has 1 heterocycles. The van der Waals surface area contributed by atoms with E-state index < -0.39 is 12.0 Å². The molecule has 2 atom stereocenters. The molecule has 1 aliphatic rings. The monoisotopic (exact) mass is 382 g/mol. The molecular weight excluding hydrogens is 360 g/mol. The lowest BCUT2D eigenvalue weighted by atomic mass is 9.81. The fraction of sp³-hybridized carbons (Fsp3) is 0.273. The Balaban J connectivity index is 1.97. The lowest BCUT2D eigenvalue weighted by Gasteiger charge is -2.34. The summed E-state index contributed by atoms with van der Waals surface area (Å²) in [4.78, 5) is 25.2. The minimum atomic E-state index is -0.607. The Morgan fingerprint density at radius 1 is 1.04 bits per heavy atom. The summed E-state index contributed by atoms with van der Waals surface area (Å²) in [6.45, 7) is 10.3. The number of amides is 2. The van der Waals surface area contributed by atoms with Gasteiger partial charge in [0.1, 0.15) is 0 Å². The van der Waals surface area contributed by atoms with Crippen molar-refractivity contribution in [3.05, 3.63) is 82.5 Å². The predicted octanol–water partition coefficient (Wildman–Crippen LogP) is 5.00. The molecule has 4 nitrogen and oxygen atoms in total. The molecule has 2 amide bonds. The van der Waals surface area contributed by atoms with Crippen LogP contribution in [0.15, 0.2) is 60.8 Å². The first-order valence-corrected chi connectivity index (χ1v) is 9.21. The van der Waals surface area contributed by atoms with Crippen LogP contribution in [0.3, 0.4) is 0 Å². The average Bonchev–Trinajstić information content (AvgIpc) is 2.60. The van der Waals surface area contributed by atoms with Gasteiger partial charge in [0.15, 0.2) is 5.78 Å². The largest absolute Gasteiger partial charge is 0.330 e. The molecule has 0 spiro atoms. The lowest BCUT2D eigenvalue weighted by Crippen LogP contribution is -2.50. The van der Waals surface area contributed by atoms with Gasteiger partial charge in [0.2, 0.25) is 0 Å². The fourth-order valence-electron chi connectivity index (χ4n) is 3.25. The van der Waals surface area contributed by atoms with E-state index in [-0.39, 0.29) is 17.2 Å². The summed E-state index contributed by atoms with van der Waals surface area (Å²) in [6, 6.07) is 13.9. The zero-order valence-electron chi connectivity index (χ0n) is 15.7. The first-order chi connectivity index (χ1) is 12.7. The van der Waals surface area contributed by atoms with Crippen LogP contribution in [0.5, 0.6) is 0 Å². The van der Waals surface area contributed by atoms with Crippen LogP contribution in [0.4, 0.5) is 4.79 Å². The Kier molecular flexibility index (Phi) is 5.11. The SMILES string of the molecule is C=C1NC(=O)N[C@@H](c2ccc(C(C)(C)C)cc2)[C@@H]1C(=O)c1ccc(Cl)cc1. The molecule has 0 bridgehead atoms. The number of rotatable bonds is 3. The number of benzene rings is 2. The van der Waals surface area contributed by atoms with Crippen molar-refractivity contribution < 1.29 is 9.59 Å². The van der Waals surface area contributed by atoms with Gasteiger partial charge in [0, 0.05) is 16.3 Å². The average molecular weight is 383 g/mol. The van der Waals surface area contributed by atoms with E-state index in [1.165, 1.54) is 5.56 Å². The number of Topliss-reactive ketones (excluding diaryl/α,β-unsaturated/α-hetero) is 1. The van der Waals surface area contributed by atoms with Gasteiger partial charge >= 0.3 is 6.03 Å². The normalized spacial score (nSPS) is 20.0. The van der Waals surface area contributed by atoms with Crippen molar-refractivity contribution >= 4 is 23.4 Å². The van der Waals surface area contributed by atoms with Gasteiger partial charge in [-0.15, -0.1) is 0 Å². The van der Waals surface area contributed by atoms with Gasteiger partial charge in [0.25, 0.3) is 0 Å². The van der Waals surface area contributed by atoms with Crippen molar-refractivity contribution in [2.45, 2.75) is 32.2 Å². The minimum absolute atomic E-state index is 0.0258. The van der Waals surface area contributed by atoms with Crippen LogP contribution in [0.2, 0.25) is 5.02 Å². The summed E-state index contributed by atoms with van der Waals surface area (Å²) in [5, 5.41) is 6.08. The molecule has 2 N–H and O–H groups in total. The Morgan fingerprint density at radius 3 is 2.19 bits per heavy atom. The van der Waals surface area contributed by atoms with Crippen LogP contribution >= 0.6 is 11.6 Å². The van der Waals surface area contributed by atoms with Crippen molar-refractivity contribution in [3.63, 3.8) is 0 Å². The molecule has 2 aromatic carbocycles. The molecule has 27 heavy (non-hydrogen) atoms. The number of ketones is 1. The molecule has 0 radical (unpaired) electrons. The Hall–Kier alpha value is -2.59. The van der Waals surface area contributed by atoms with E-state index in [4.69, 9.17) is 11.6 Å². The Bertz CT molecular complexity index is 880. The van der Waals surface area contributed by atoms with Crippen molar-refractivity contribution in [3.8, 4) is 0 Å². The van der Waals surface area contributed by atoms with E-state index in [9.17, 15) is 9.59 Å². The predicted molar refractivity (Wildman–Crippen MR) is 108 cm³/mol. The number of carbonyl (C=O) groups is 2. The summed E-state index contributed by atoms with van der Waals surface area (Å²) < 4.78 is 0. The van der Waals surface area contributed by atoms with E-state index >= 15 is 0 Å². The van der Waals surface area contributed by atoms with Crippen molar-refractivity contribution in [1.82, 2.24) is 10.6 Å². The zero-order valence-corrected chi connectivity index (χ0v) is 16.4. The summed E-state index contributed by atoms with van der Waals surface area (Å²) in [5.74, 6) is -0.724. The van der Waals surface area contributed by atoms with E-state index in [0.717, 1.165) is 5.56 Å². The van der Waals surface area contributed by atoms with Gasteiger partial charge < -0.3 is 10.6 Å². The number of hydrogen-bond acceptors (Lipinski definition) is 2. The van der Waals surface area contributed by atoms with E-state index in [0.29, 0.717) is 16.3 Å². The summed E-state index contributed by atoms with van der Waals surface area (Å²) >= 11 is 5.93. The first-order valence-electron chi connectivity index (χ1n) is 8.83. The number of halogens is 1. The molecule has 0 saturated carbocycles. The fourth-order valence-corrected chi connectivity index (χ4v) is 3.38. The number of nitrogens with one attached hydrogen (secondary N) is 2. The highest BCUT2D eigenvalue weighted by atomic mass is 35.5. The third-order valence-electron chi connectivity index (χ3n) is 4.82. The van der Waals surface area contributed by atoms with E-state index in [2.05, 4.69) is 38.0 Å². The first kappa shape index (κ1) is 19.2. The number of hydrogen-bond donors (Lipinski definition) is 2. The zero-order chi connectivity index (χ0) is 19.8. The van der Waals surface area contributed by atoms with E-state index in [1.807, 2.05) is 24.3 Å². The van der Waals surface area contributed by atoms with Gasteiger partial charge in [-0.3, -0.25) is 4.79 Å². The highest BCUT2D eigenvalue weighted by Gasteiger charge is 2.38. The summed E-state index contributed by atoms with van der Waals surface area (Å²) in [5.41, 5.74) is 3.00. The van der Waals surface area contributed by atoms with Crippen LogP contribution in [0.1, 0.15) is 48.3 Å². The highest BCUT2D eigenvalue weighted by Crippen LogP contribution is 2.33. The molecule has 1 saturated heterocycles. The minimum Gasteiger partial charge on any atom is -0.330 e. The third kappa shape index (κ3) is 4.06. The second-order valence-electron chi connectivity index (χ2n) is 7.82. The summed E-state index contributed by atoms with van der Waals surface area (Å²) in [7, 11) is 0. The van der Waals surface area contributed by atoms with Gasteiger partial charge in [0.05, 0.1) is 12.0 Å². The van der Waals surface area contributed by atoms with Crippen molar-refractivity contribution in [1.29, 1.82) is 0 Å². The summed E-state index contributed by atoms with van der Waals surface area (Å²) in [6.07, 6.45) is 0. The molecule has 3 rings (SSSR count). The molecular formula is C22H23ClN2O2. The maximum absolute atomic E-state index is 13.1. The quantitative estimate of drug-likeness (QED) is 0.733. The molecule has 0 unspecified atom stereocenters. The number of carbonyl (C=O) groups excluding carboxylic acids is 2. The van der Waals surface area contributed by atoms with Crippen LogP contribution in [0.25, 0.3) is 0 Å². The van der Waals surface area contributed by atoms with E-state index in [1.54, 1.807) is 24.3 Å². The van der Waals surface area contributed by atoms with Crippen LogP contribution < -0.4 is 10.6 Å². The van der Waals surface area contributed by atoms with Gasteiger partial charge in [-0.25, -0.2) is 4.79 Å². The Labute approximate surface area is 164 Å². The maximum atomic E-state index is 13.1.